The third-order valence-electron chi connectivity index (χ3n) is 3.40. The number of nitrogens with one attached hydrogen (secondary N) is 2. The Morgan fingerprint density at radius 3 is 2.43 bits per heavy atom. The number of hydrogen-bond donors (Lipinski definition) is 3. The SMILES string of the molecule is C[C@H](Nc1ccc(Cl)c(Cl)c1)C(=O)NC(CO)c1ccccc1. The number of hydrogen-bond acceptors (Lipinski definition) is 3. The Kier molecular flexibility index (Phi) is 6.28. The average molecular weight is 353 g/mol. The van der Waals surface area contributed by atoms with Crippen LogP contribution in [-0.2, 0) is 4.79 Å². The van der Waals surface area contributed by atoms with Crippen molar-refractivity contribution in [2.45, 2.75) is 19.0 Å². The molecule has 2 rings (SSSR count). The van der Waals surface area contributed by atoms with Gasteiger partial charge in [0, 0.05) is 5.69 Å². The molecule has 2 atom stereocenters. The van der Waals surface area contributed by atoms with E-state index in [0.29, 0.717) is 15.7 Å². The largest absolute Gasteiger partial charge is 0.394 e. The summed E-state index contributed by atoms with van der Waals surface area (Å²) in [5, 5.41) is 16.2. The summed E-state index contributed by atoms with van der Waals surface area (Å²) in [6.07, 6.45) is 0. The maximum absolute atomic E-state index is 12.3. The summed E-state index contributed by atoms with van der Waals surface area (Å²) >= 11 is 11.8. The monoisotopic (exact) mass is 352 g/mol. The minimum atomic E-state index is -0.495. The van der Waals surface area contributed by atoms with E-state index < -0.39 is 12.1 Å². The number of rotatable bonds is 6. The predicted molar refractivity (Wildman–Crippen MR) is 94.0 cm³/mol. The van der Waals surface area contributed by atoms with E-state index in [1.54, 1.807) is 25.1 Å². The lowest BCUT2D eigenvalue weighted by molar-refractivity contribution is -0.122. The molecule has 1 amide bonds. The predicted octanol–water partition coefficient (Wildman–Crippen LogP) is 3.64. The maximum atomic E-state index is 12.3. The van der Waals surface area contributed by atoms with E-state index >= 15 is 0 Å². The van der Waals surface area contributed by atoms with Gasteiger partial charge in [-0.2, -0.15) is 0 Å². The van der Waals surface area contributed by atoms with Gasteiger partial charge in [-0.05, 0) is 30.7 Å². The summed E-state index contributed by atoms with van der Waals surface area (Å²) in [6, 6.07) is 13.5. The highest BCUT2D eigenvalue weighted by Crippen LogP contribution is 2.25. The van der Waals surface area contributed by atoms with Crippen molar-refractivity contribution in [1.82, 2.24) is 5.32 Å². The number of halogens is 2. The molecular weight excluding hydrogens is 335 g/mol. The van der Waals surface area contributed by atoms with Crippen LogP contribution < -0.4 is 10.6 Å². The van der Waals surface area contributed by atoms with Gasteiger partial charge < -0.3 is 15.7 Å². The number of benzene rings is 2. The van der Waals surface area contributed by atoms with Gasteiger partial charge in [-0.1, -0.05) is 53.5 Å². The van der Waals surface area contributed by atoms with Gasteiger partial charge in [0.2, 0.25) is 5.91 Å². The first-order valence-corrected chi connectivity index (χ1v) is 7.94. The van der Waals surface area contributed by atoms with Crippen LogP contribution in [0.25, 0.3) is 0 Å². The third kappa shape index (κ3) is 4.86. The van der Waals surface area contributed by atoms with Crippen molar-refractivity contribution >= 4 is 34.8 Å². The second-order valence-corrected chi connectivity index (χ2v) is 5.96. The molecule has 0 spiro atoms. The van der Waals surface area contributed by atoms with Crippen molar-refractivity contribution in [2.24, 2.45) is 0 Å². The lowest BCUT2D eigenvalue weighted by atomic mass is 10.1. The van der Waals surface area contributed by atoms with Crippen LogP contribution in [-0.4, -0.2) is 23.7 Å². The Bertz CT molecular complexity index is 665. The molecule has 3 N–H and O–H groups in total. The van der Waals surface area contributed by atoms with Gasteiger partial charge in [0.25, 0.3) is 0 Å². The summed E-state index contributed by atoms with van der Waals surface area (Å²) in [6.45, 7) is 1.56. The Morgan fingerprint density at radius 1 is 1.13 bits per heavy atom. The Labute approximate surface area is 145 Å². The maximum Gasteiger partial charge on any atom is 0.242 e. The molecule has 0 aliphatic carbocycles. The highest BCUT2D eigenvalue weighted by Gasteiger charge is 2.18. The number of aliphatic hydroxyl groups is 1. The fourth-order valence-corrected chi connectivity index (χ4v) is 2.42. The molecular formula is C17H18Cl2N2O2. The molecule has 23 heavy (non-hydrogen) atoms. The second kappa shape index (κ2) is 8.20. The van der Waals surface area contributed by atoms with Crippen LogP contribution >= 0.6 is 23.2 Å². The summed E-state index contributed by atoms with van der Waals surface area (Å²) < 4.78 is 0. The molecule has 2 aromatic carbocycles. The van der Waals surface area contributed by atoms with Crippen LogP contribution in [0.15, 0.2) is 48.5 Å². The number of carbonyl (C=O) groups excluding carboxylic acids is 1. The zero-order valence-corrected chi connectivity index (χ0v) is 14.1. The molecule has 0 heterocycles. The fourth-order valence-electron chi connectivity index (χ4n) is 2.12. The lowest BCUT2D eigenvalue weighted by Crippen LogP contribution is -2.40. The van der Waals surface area contributed by atoms with Crippen LogP contribution in [0, 0.1) is 0 Å². The highest BCUT2D eigenvalue weighted by molar-refractivity contribution is 6.42. The Morgan fingerprint density at radius 2 is 1.83 bits per heavy atom. The van der Waals surface area contributed by atoms with Gasteiger partial charge in [0.1, 0.15) is 6.04 Å². The number of carbonyl (C=O) groups is 1. The van der Waals surface area contributed by atoms with Crippen molar-refractivity contribution < 1.29 is 9.90 Å². The van der Waals surface area contributed by atoms with Crippen molar-refractivity contribution in [1.29, 1.82) is 0 Å². The molecule has 2 aromatic rings. The molecule has 0 saturated heterocycles. The molecule has 0 saturated carbocycles. The number of anilines is 1. The van der Waals surface area contributed by atoms with Crippen molar-refractivity contribution in [3.05, 3.63) is 64.1 Å². The molecule has 1 unspecified atom stereocenters. The standard InChI is InChI=1S/C17H18Cl2N2O2/c1-11(20-13-7-8-14(18)15(19)9-13)17(23)21-16(10-22)12-5-3-2-4-6-12/h2-9,11,16,20,22H,10H2,1H3,(H,21,23)/t11-,16?/m0/s1. The molecule has 122 valence electrons. The van der Waals surface area contributed by atoms with E-state index in [2.05, 4.69) is 10.6 Å². The van der Waals surface area contributed by atoms with Gasteiger partial charge in [0.15, 0.2) is 0 Å². The van der Waals surface area contributed by atoms with E-state index in [1.807, 2.05) is 30.3 Å². The Hall–Kier alpha value is -1.75. The normalized spacial score (nSPS) is 13.2. The molecule has 6 heteroatoms. The Balaban J connectivity index is 2.00. The zero-order valence-electron chi connectivity index (χ0n) is 12.6. The molecule has 4 nitrogen and oxygen atoms in total. The third-order valence-corrected chi connectivity index (χ3v) is 4.14. The number of aliphatic hydroxyl groups excluding tert-OH is 1. The fraction of sp³-hybridized carbons (Fsp3) is 0.235. The van der Waals surface area contributed by atoms with Crippen molar-refractivity contribution in [3.63, 3.8) is 0 Å². The molecule has 0 aromatic heterocycles. The van der Waals surface area contributed by atoms with Crippen LogP contribution in [0.2, 0.25) is 10.0 Å². The van der Waals surface area contributed by atoms with E-state index in [1.165, 1.54) is 0 Å². The number of amides is 1. The van der Waals surface area contributed by atoms with Crippen LogP contribution in [0.4, 0.5) is 5.69 Å². The minimum absolute atomic E-state index is 0.171. The first-order chi connectivity index (χ1) is 11.0. The topological polar surface area (TPSA) is 61.4 Å². The quantitative estimate of drug-likeness (QED) is 0.743. The average Bonchev–Trinajstić information content (AvgIpc) is 2.56. The van der Waals surface area contributed by atoms with E-state index in [9.17, 15) is 9.90 Å². The van der Waals surface area contributed by atoms with E-state index in [0.717, 1.165) is 5.56 Å². The summed E-state index contributed by atoms with van der Waals surface area (Å²) in [5.74, 6) is -0.223. The van der Waals surface area contributed by atoms with Crippen LogP contribution in [0.1, 0.15) is 18.5 Å². The summed E-state index contributed by atoms with van der Waals surface area (Å²) in [4.78, 5) is 12.3. The van der Waals surface area contributed by atoms with Crippen molar-refractivity contribution in [2.75, 3.05) is 11.9 Å². The highest BCUT2D eigenvalue weighted by atomic mass is 35.5. The first-order valence-electron chi connectivity index (χ1n) is 7.19. The van der Waals surface area contributed by atoms with Crippen molar-refractivity contribution in [3.8, 4) is 0 Å². The van der Waals surface area contributed by atoms with Gasteiger partial charge in [-0.25, -0.2) is 0 Å². The molecule has 0 aliphatic heterocycles. The van der Waals surface area contributed by atoms with E-state index in [-0.39, 0.29) is 12.5 Å². The molecule has 0 radical (unpaired) electrons. The van der Waals surface area contributed by atoms with Gasteiger partial charge in [-0.15, -0.1) is 0 Å². The minimum Gasteiger partial charge on any atom is -0.394 e. The van der Waals surface area contributed by atoms with Gasteiger partial charge >= 0.3 is 0 Å². The van der Waals surface area contributed by atoms with Crippen LogP contribution in [0.3, 0.4) is 0 Å². The lowest BCUT2D eigenvalue weighted by Gasteiger charge is -2.21. The molecule has 0 aliphatic rings. The summed E-state index contributed by atoms with van der Waals surface area (Å²) in [7, 11) is 0. The molecule has 0 bridgehead atoms. The second-order valence-electron chi connectivity index (χ2n) is 5.15. The first kappa shape index (κ1) is 17.6. The summed E-state index contributed by atoms with van der Waals surface area (Å²) in [5.41, 5.74) is 1.55. The van der Waals surface area contributed by atoms with E-state index in [4.69, 9.17) is 23.2 Å². The van der Waals surface area contributed by atoms with Crippen LogP contribution in [0.5, 0.6) is 0 Å². The zero-order chi connectivity index (χ0) is 16.8. The molecule has 0 fully saturated rings. The van der Waals surface area contributed by atoms with Gasteiger partial charge in [0.05, 0.1) is 22.7 Å². The smallest absolute Gasteiger partial charge is 0.242 e. The van der Waals surface area contributed by atoms with Gasteiger partial charge in [-0.3, -0.25) is 4.79 Å².